The molecular formula is C15H12Cl2N2O3S. The van der Waals surface area contributed by atoms with Gasteiger partial charge >= 0.3 is 0 Å². The molecule has 0 atom stereocenters. The van der Waals surface area contributed by atoms with Crippen molar-refractivity contribution in [1.29, 1.82) is 0 Å². The lowest BCUT2D eigenvalue weighted by atomic mass is 10.2. The number of thioether (sulfide) groups is 1. The van der Waals surface area contributed by atoms with Gasteiger partial charge in [0.25, 0.3) is 5.69 Å². The predicted octanol–water partition coefficient (Wildman–Crippen LogP) is 4.77. The summed E-state index contributed by atoms with van der Waals surface area (Å²) in [7, 11) is 0. The third-order valence-electron chi connectivity index (χ3n) is 2.85. The molecule has 0 saturated carbocycles. The van der Waals surface area contributed by atoms with Gasteiger partial charge in [-0.3, -0.25) is 14.9 Å². The second-order valence-electron chi connectivity index (χ2n) is 4.59. The number of amides is 1. The fourth-order valence-electron chi connectivity index (χ4n) is 1.79. The van der Waals surface area contributed by atoms with E-state index in [0.29, 0.717) is 10.8 Å². The minimum Gasteiger partial charge on any atom is -0.320 e. The first-order valence-corrected chi connectivity index (χ1v) is 8.43. The van der Waals surface area contributed by atoms with E-state index in [1.807, 2.05) is 12.1 Å². The number of nitro groups is 1. The fourth-order valence-corrected chi connectivity index (χ4v) is 2.87. The molecule has 1 amide bonds. The Morgan fingerprint density at radius 1 is 1.13 bits per heavy atom. The van der Waals surface area contributed by atoms with Gasteiger partial charge in [-0.15, -0.1) is 11.8 Å². The van der Waals surface area contributed by atoms with Crippen LogP contribution in [0, 0.1) is 10.1 Å². The van der Waals surface area contributed by atoms with E-state index < -0.39 is 4.92 Å². The molecule has 0 aliphatic rings. The molecule has 0 aliphatic carbocycles. The van der Waals surface area contributed by atoms with Crippen molar-refractivity contribution in [3.8, 4) is 0 Å². The average Bonchev–Trinajstić information content (AvgIpc) is 2.51. The molecule has 2 rings (SSSR count). The molecule has 0 radical (unpaired) electrons. The van der Waals surface area contributed by atoms with Crippen molar-refractivity contribution >= 4 is 52.2 Å². The summed E-state index contributed by atoms with van der Waals surface area (Å²) >= 11 is 12.9. The van der Waals surface area contributed by atoms with Crippen LogP contribution in [-0.4, -0.2) is 16.6 Å². The van der Waals surface area contributed by atoms with Gasteiger partial charge in [-0.05, 0) is 29.8 Å². The Morgan fingerprint density at radius 3 is 2.43 bits per heavy atom. The van der Waals surface area contributed by atoms with E-state index >= 15 is 0 Å². The fraction of sp³-hybridized carbons (Fsp3) is 0.133. The van der Waals surface area contributed by atoms with Gasteiger partial charge < -0.3 is 5.32 Å². The van der Waals surface area contributed by atoms with Crippen LogP contribution in [0.5, 0.6) is 0 Å². The molecule has 0 heterocycles. The summed E-state index contributed by atoms with van der Waals surface area (Å²) in [5.74, 6) is 0.518. The number of carbonyl (C=O) groups is 1. The molecule has 5 nitrogen and oxygen atoms in total. The molecule has 2 aromatic rings. The van der Waals surface area contributed by atoms with E-state index in [-0.39, 0.29) is 28.1 Å². The molecule has 0 aliphatic heterocycles. The highest BCUT2D eigenvalue weighted by Crippen LogP contribution is 2.28. The van der Waals surface area contributed by atoms with Crippen molar-refractivity contribution in [2.75, 3.05) is 11.1 Å². The SMILES string of the molecule is O=C(CSCc1ccc(Cl)cc1)Nc1ccc(Cl)cc1[N+](=O)[O-]. The van der Waals surface area contributed by atoms with E-state index in [0.717, 1.165) is 5.56 Å². The lowest BCUT2D eigenvalue weighted by Gasteiger charge is -2.06. The largest absolute Gasteiger partial charge is 0.320 e. The van der Waals surface area contributed by atoms with Gasteiger partial charge in [0.1, 0.15) is 5.69 Å². The number of halogens is 2. The summed E-state index contributed by atoms with van der Waals surface area (Å²) in [4.78, 5) is 22.3. The Morgan fingerprint density at radius 2 is 1.78 bits per heavy atom. The molecule has 2 aromatic carbocycles. The Labute approximate surface area is 147 Å². The maximum atomic E-state index is 11.9. The molecule has 23 heavy (non-hydrogen) atoms. The number of carbonyl (C=O) groups excluding carboxylic acids is 1. The maximum absolute atomic E-state index is 11.9. The monoisotopic (exact) mass is 370 g/mol. The van der Waals surface area contributed by atoms with Crippen LogP contribution >= 0.6 is 35.0 Å². The number of nitro benzene ring substituents is 1. The molecule has 1 N–H and O–H groups in total. The highest BCUT2D eigenvalue weighted by atomic mass is 35.5. The van der Waals surface area contributed by atoms with Crippen LogP contribution in [0.25, 0.3) is 0 Å². The van der Waals surface area contributed by atoms with Crippen LogP contribution in [0.4, 0.5) is 11.4 Å². The Kier molecular flexibility index (Phi) is 6.27. The van der Waals surface area contributed by atoms with Gasteiger partial charge in [-0.2, -0.15) is 0 Å². The van der Waals surface area contributed by atoms with E-state index in [2.05, 4.69) is 5.32 Å². The highest BCUT2D eigenvalue weighted by Gasteiger charge is 2.16. The maximum Gasteiger partial charge on any atom is 0.294 e. The van der Waals surface area contributed by atoms with Crippen molar-refractivity contribution in [2.24, 2.45) is 0 Å². The molecule has 8 heteroatoms. The number of anilines is 1. The molecular weight excluding hydrogens is 359 g/mol. The summed E-state index contributed by atoms with van der Waals surface area (Å²) < 4.78 is 0. The summed E-state index contributed by atoms with van der Waals surface area (Å²) in [5.41, 5.74) is 0.953. The van der Waals surface area contributed by atoms with Crippen LogP contribution in [-0.2, 0) is 10.5 Å². The van der Waals surface area contributed by atoms with Crippen LogP contribution in [0.15, 0.2) is 42.5 Å². The normalized spacial score (nSPS) is 10.3. The third kappa shape index (κ3) is 5.42. The number of nitrogens with one attached hydrogen (secondary N) is 1. The van der Waals surface area contributed by atoms with Gasteiger partial charge in [-0.25, -0.2) is 0 Å². The lowest BCUT2D eigenvalue weighted by molar-refractivity contribution is -0.383. The van der Waals surface area contributed by atoms with Crippen LogP contribution in [0.2, 0.25) is 10.0 Å². The minimum absolute atomic E-state index is 0.136. The first-order valence-electron chi connectivity index (χ1n) is 6.51. The first-order chi connectivity index (χ1) is 11.0. The van der Waals surface area contributed by atoms with Gasteiger partial charge in [0.2, 0.25) is 5.91 Å². The van der Waals surface area contributed by atoms with E-state index in [1.165, 1.54) is 30.0 Å². The predicted molar refractivity (Wildman–Crippen MR) is 94.4 cm³/mol. The number of benzene rings is 2. The molecule has 0 fully saturated rings. The third-order valence-corrected chi connectivity index (χ3v) is 4.34. The number of hydrogen-bond acceptors (Lipinski definition) is 4. The van der Waals surface area contributed by atoms with Gasteiger partial charge in [0.05, 0.1) is 10.7 Å². The Bertz CT molecular complexity index is 723. The average molecular weight is 371 g/mol. The minimum atomic E-state index is -0.581. The number of hydrogen-bond donors (Lipinski definition) is 1. The van der Waals surface area contributed by atoms with E-state index in [1.54, 1.807) is 12.1 Å². The van der Waals surface area contributed by atoms with Crippen LogP contribution in [0.3, 0.4) is 0 Å². The van der Waals surface area contributed by atoms with E-state index in [9.17, 15) is 14.9 Å². The van der Waals surface area contributed by atoms with Crippen molar-refractivity contribution in [2.45, 2.75) is 5.75 Å². The molecule has 0 aromatic heterocycles. The molecule has 0 unspecified atom stereocenters. The molecule has 0 saturated heterocycles. The van der Waals surface area contributed by atoms with Crippen molar-refractivity contribution < 1.29 is 9.72 Å². The zero-order valence-electron chi connectivity index (χ0n) is 11.8. The zero-order chi connectivity index (χ0) is 16.8. The Hall–Kier alpha value is -1.76. The quantitative estimate of drug-likeness (QED) is 0.586. The molecule has 120 valence electrons. The van der Waals surface area contributed by atoms with E-state index in [4.69, 9.17) is 23.2 Å². The molecule has 0 bridgehead atoms. The molecule has 0 spiro atoms. The van der Waals surface area contributed by atoms with Gasteiger partial charge in [-0.1, -0.05) is 35.3 Å². The number of rotatable bonds is 6. The summed E-state index contributed by atoms with van der Waals surface area (Å²) in [5, 5.41) is 14.4. The van der Waals surface area contributed by atoms with Crippen LogP contribution in [0.1, 0.15) is 5.56 Å². The van der Waals surface area contributed by atoms with Gasteiger partial charge in [0.15, 0.2) is 0 Å². The first kappa shape index (κ1) is 17.6. The van der Waals surface area contributed by atoms with Crippen molar-refractivity contribution in [3.63, 3.8) is 0 Å². The summed E-state index contributed by atoms with van der Waals surface area (Å²) in [6, 6.07) is 11.5. The Balaban J connectivity index is 1.90. The summed E-state index contributed by atoms with van der Waals surface area (Å²) in [6.07, 6.45) is 0. The smallest absolute Gasteiger partial charge is 0.294 e. The van der Waals surface area contributed by atoms with Crippen LogP contribution < -0.4 is 5.32 Å². The lowest BCUT2D eigenvalue weighted by Crippen LogP contribution is -2.15. The number of nitrogens with zero attached hydrogens (tertiary/aromatic N) is 1. The van der Waals surface area contributed by atoms with Crippen molar-refractivity contribution in [3.05, 3.63) is 68.2 Å². The van der Waals surface area contributed by atoms with Gasteiger partial charge in [0, 0.05) is 21.9 Å². The standard InChI is InChI=1S/C15H12Cl2N2O3S/c16-11-3-1-10(2-4-11)8-23-9-15(20)18-13-6-5-12(17)7-14(13)19(21)22/h1-7H,8-9H2,(H,18,20). The van der Waals surface area contributed by atoms with Crippen molar-refractivity contribution in [1.82, 2.24) is 0 Å². The summed E-state index contributed by atoms with van der Waals surface area (Å²) in [6.45, 7) is 0. The second kappa shape index (κ2) is 8.19. The second-order valence-corrected chi connectivity index (χ2v) is 6.44. The zero-order valence-corrected chi connectivity index (χ0v) is 14.1. The highest BCUT2D eigenvalue weighted by molar-refractivity contribution is 7.99. The topological polar surface area (TPSA) is 72.2 Å².